The lowest BCUT2D eigenvalue weighted by molar-refractivity contribution is -0.117. The minimum atomic E-state index is 0.156. The quantitative estimate of drug-likeness (QED) is 0.717. The lowest BCUT2D eigenvalue weighted by atomic mass is 9.99. The number of fused-ring (bicyclic) bond motifs is 2. The van der Waals surface area contributed by atoms with E-state index in [1.807, 2.05) is 23.2 Å². The molecule has 1 amide bonds. The number of amides is 1. The molecule has 0 unspecified atom stereocenters. The second-order valence-electron chi connectivity index (χ2n) is 7.34. The van der Waals surface area contributed by atoms with Gasteiger partial charge in [0.15, 0.2) is 0 Å². The molecule has 2 aromatic heterocycles. The normalized spacial score (nSPS) is 17.5. The highest BCUT2D eigenvalue weighted by atomic mass is 16.5. The van der Waals surface area contributed by atoms with Gasteiger partial charge in [-0.05, 0) is 48.6 Å². The molecule has 0 radical (unpaired) electrons. The predicted molar refractivity (Wildman–Crippen MR) is 105 cm³/mol. The van der Waals surface area contributed by atoms with Crippen molar-refractivity contribution >= 4 is 22.5 Å². The van der Waals surface area contributed by atoms with Crippen LogP contribution >= 0.6 is 0 Å². The monoisotopic (exact) mass is 359 g/mol. The Labute approximate surface area is 158 Å². The maximum atomic E-state index is 12.6. The Bertz CT molecular complexity index is 1010. The number of hydrogen-bond acceptors (Lipinski definition) is 4. The first-order chi connectivity index (χ1) is 13.3. The van der Waals surface area contributed by atoms with Crippen LogP contribution in [-0.2, 0) is 16.0 Å². The molecule has 5 nitrogen and oxygen atoms in total. The number of pyridine rings is 2. The van der Waals surface area contributed by atoms with Crippen LogP contribution in [0, 0.1) is 5.92 Å². The zero-order chi connectivity index (χ0) is 18.2. The molecule has 1 aromatic carbocycles. The molecule has 5 heteroatoms. The maximum absolute atomic E-state index is 12.6. The van der Waals surface area contributed by atoms with Crippen LogP contribution in [0.15, 0.2) is 48.8 Å². The molecule has 0 N–H and O–H groups in total. The van der Waals surface area contributed by atoms with Crippen molar-refractivity contribution in [1.82, 2.24) is 9.97 Å². The second kappa shape index (κ2) is 6.74. The third-order valence-electron chi connectivity index (χ3n) is 5.58. The Hall–Kier alpha value is -2.79. The highest BCUT2D eigenvalue weighted by Crippen LogP contribution is 2.34. The summed E-state index contributed by atoms with van der Waals surface area (Å²) < 4.78 is 5.45. The van der Waals surface area contributed by atoms with Crippen LogP contribution in [0.3, 0.4) is 0 Å². The summed E-state index contributed by atoms with van der Waals surface area (Å²) in [6.45, 7) is 2.36. The number of carbonyl (C=O) groups excluding carboxylic acids is 1. The van der Waals surface area contributed by atoms with Crippen molar-refractivity contribution in [2.45, 2.75) is 19.3 Å². The fourth-order valence-electron chi connectivity index (χ4n) is 4.02. The van der Waals surface area contributed by atoms with Gasteiger partial charge in [-0.15, -0.1) is 0 Å². The largest absolute Gasteiger partial charge is 0.381 e. The van der Waals surface area contributed by atoms with E-state index in [0.29, 0.717) is 12.3 Å². The number of benzene rings is 1. The number of rotatable bonds is 3. The molecule has 3 aromatic rings. The van der Waals surface area contributed by atoms with E-state index >= 15 is 0 Å². The molecule has 4 heterocycles. The van der Waals surface area contributed by atoms with Crippen molar-refractivity contribution in [1.29, 1.82) is 0 Å². The van der Waals surface area contributed by atoms with Gasteiger partial charge in [-0.3, -0.25) is 14.8 Å². The topological polar surface area (TPSA) is 55.3 Å². The highest BCUT2D eigenvalue weighted by Gasteiger charge is 2.31. The van der Waals surface area contributed by atoms with Crippen molar-refractivity contribution < 1.29 is 9.53 Å². The Morgan fingerprint density at radius 1 is 1.07 bits per heavy atom. The van der Waals surface area contributed by atoms with Crippen LogP contribution in [0.4, 0.5) is 5.69 Å². The lowest BCUT2D eigenvalue weighted by Crippen LogP contribution is -2.34. The van der Waals surface area contributed by atoms with Gasteiger partial charge in [-0.25, -0.2) is 0 Å². The number of hydrogen-bond donors (Lipinski definition) is 0. The Kier molecular flexibility index (Phi) is 4.09. The summed E-state index contributed by atoms with van der Waals surface area (Å²) in [7, 11) is 0. The van der Waals surface area contributed by atoms with E-state index in [0.717, 1.165) is 66.0 Å². The van der Waals surface area contributed by atoms with E-state index in [1.54, 1.807) is 6.20 Å². The zero-order valence-corrected chi connectivity index (χ0v) is 15.1. The van der Waals surface area contributed by atoms with E-state index < -0.39 is 0 Å². The van der Waals surface area contributed by atoms with Crippen LogP contribution in [0.1, 0.15) is 18.5 Å². The zero-order valence-electron chi connectivity index (χ0n) is 15.1. The molecule has 0 spiro atoms. The van der Waals surface area contributed by atoms with Gasteiger partial charge in [0.25, 0.3) is 0 Å². The van der Waals surface area contributed by atoms with Gasteiger partial charge in [-0.1, -0.05) is 12.1 Å². The molecule has 0 bridgehead atoms. The van der Waals surface area contributed by atoms with Gasteiger partial charge < -0.3 is 9.64 Å². The van der Waals surface area contributed by atoms with Crippen LogP contribution < -0.4 is 4.90 Å². The summed E-state index contributed by atoms with van der Waals surface area (Å²) in [5, 5.41) is 1.10. The molecule has 5 rings (SSSR count). The van der Waals surface area contributed by atoms with Crippen molar-refractivity contribution in [2.24, 2.45) is 5.92 Å². The molecule has 1 fully saturated rings. The van der Waals surface area contributed by atoms with Crippen molar-refractivity contribution in [2.75, 3.05) is 24.7 Å². The minimum Gasteiger partial charge on any atom is -0.381 e. The molecule has 2 aliphatic rings. The number of anilines is 1. The van der Waals surface area contributed by atoms with Crippen LogP contribution in [0.5, 0.6) is 0 Å². The molecule has 0 atom stereocenters. The minimum absolute atomic E-state index is 0.156. The Balaban J connectivity index is 1.48. The molecule has 0 saturated carbocycles. The Morgan fingerprint density at radius 2 is 1.96 bits per heavy atom. The van der Waals surface area contributed by atoms with Crippen LogP contribution in [0.25, 0.3) is 22.0 Å². The van der Waals surface area contributed by atoms with Gasteiger partial charge in [0.1, 0.15) is 0 Å². The second-order valence-corrected chi connectivity index (χ2v) is 7.34. The van der Waals surface area contributed by atoms with Crippen molar-refractivity contribution in [3.05, 3.63) is 54.5 Å². The van der Waals surface area contributed by atoms with Gasteiger partial charge in [-0.2, -0.15) is 0 Å². The van der Waals surface area contributed by atoms with E-state index in [9.17, 15) is 4.79 Å². The molecule has 0 aliphatic carbocycles. The smallest absolute Gasteiger partial charge is 0.233 e. The number of nitrogens with zero attached hydrogens (tertiary/aromatic N) is 3. The van der Waals surface area contributed by atoms with Gasteiger partial charge in [0.05, 0.1) is 23.3 Å². The number of ether oxygens (including phenoxy) is 1. The van der Waals surface area contributed by atoms with E-state index in [4.69, 9.17) is 4.74 Å². The molecular formula is C22H21N3O2. The molecule has 2 aliphatic heterocycles. The lowest BCUT2D eigenvalue weighted by Gasteiger charge is -2.27. The molecular weight excluding hydrogens is 338 g/mol. The van der Waals surface area contributed by atoms with Gasteiger partial charge in [0, 0.05) is 43.1 Å². The SMILES string of the molecule is O=C1Cc2ncc(-c3ccc4ncccc4c3)cc2N1CC1CCOCC1. The van der Waals surface area contributed by atoms with E-state index in [-0.39, 0.29) is 5.91 Å². The summed E-state index contributed by atoms with van der Waals surface area (Å²) in [4.78, 5) is 23.5. The summed E-state index contributed by atoms with van der Waals surface area (Å²) in [5.41, 5.74) is 4.96. The third kappa shape index (κ3) is 3.08. The first-order valence-electron chi connectivity index (χ1n) is 9.50. The highest BCUT2D eigenvalue weighted by molar-refractivity contribution is 6.01. The first kappa shape index (κ1) is 16.4. The fraction of sp³-hybridized carbons (Fsp3) is 0.318. The summed E-state index contributed by atoms with van der Waals surface area (Å²) in [5.74, 6) is 0.660. The standard InChI is InChI=1S/C22H21N3O2/c26-22-12-20-21(25(22)14-15-5-8-27-9-6-15)11-18(13-24-20)16-3-4-19-17(10-16)2-1-7-23-19/h1-4,7,10-11,13,15H,5-6,8-9,12,14H2. The molecule has 1 saturated heterocycles. The number of carbonyl (C=O) groups is 1. The third-order valence-corrected chi connectivity index (χ3v) is 5.58. The van der Waals surface area contributed by atoms with Crippen LogP contribution in [-0.4, -0.2) is 35.6 Å². The van der Waals surface area contributed by atoms with Crippen LogP contribution in [0.2, 0.25) is 0 Å². The summed E-state index contributed by atoms with van der Waals surface area (Å²) in [6, 6.07) is 12.4. The van der Waals surface area contributed by atoms with E-state index in [1.165, 1.54) is 0 Å². The van der Waals surface area contributed by atoms with Gasteiger partial charge >= 0.3 is 0 Å². The predicted octanol–water partition coefficient (Wildman–Crippen LogP) is 3.61. The summed E-state index contributed by atoms with van der Waals surface area (Å²) >= 11 is 0. The Morgan fingerprint density at radius 3 is 2.85 bits per heavy atom. The summed E-state index contributed by atoms with van der Waals surface area (Å²) in [6.07, 6.45) is 6.12. The molecule has 27 heavy (non-hydrogen) atoms. The van der Waals surface area contributed by atoms with Crippen molar-refractivity contribution in [3.8, 4) is 11.1 Å². The van der Waals surface area contributed by atoms with Crippen molar-refractivity contribution in [3.63, 3.8) is 0 Å². The maximum Gasteiger partial charge on any atom is 0.233 e. The van der Waals surface area contributed by atoms with Gasteiger partial charge in [0.2, 0.25) is 5.91 Å². The fourth-order valence-corrected chi connectivity index (χ4v) is 4.02. The van der Waals surface area contributed by atoms with E-state index in [2.05, 4.69) is 34.2 Å². The average molecular weight is 359 g/mol. The number of aromatic nitrogens is 2. The molecule has 136 valence electrons. The average Bonchev–Trinajstić information content (AvgIpc) is 3.03. The first-order valence-corrected chi connectivity index (χ1v) is 9.50.